The molecule has 0 aromatic rings. The molecule has 0 aromatic carbocycles. The molecule has 3 heteroatoms. The van der Waals surface area contributed by atoms with Crippen molar-refractivity contribution >= 4 is 0 Å². The monoisotopic (exact) mass is 266 g/mol. The Labute approximate surface area is 118 Å². The lowest BCUT2D eigenvalue weighted by Crippen LogP contribution is -2.57. The first kappa shape index (κ1) is 13.8. The molecule has 0 saturated carbocycles. The van der Waals surface area contributed by atoms with E-state index in [4.69, 9.17) is 4.74 Å². The van der Waals surface area contributed by atoms with E-state index in [2.05, 4.69) is 17.1 Å². The van der Waals surface area contributed by atoms with Crippen LogP contribution >= 0.6 is 0 Å². The van der Waals surface area contributed by atoms with Gasteiger partial charge in [0, 0.05) is 37.9 Å². The summed E-state index contributed by atoms with van der Waals surface area (Å²) in [6, 6.07) is 2.50. The molecule has 2 atom stereocenters. The second-order valence-corrected chi connectivity index (χ2v) is 6.72. The zero-order valence-electron chi connectivity index (χ0n) is 12.4. The Kier molecular flexibility index (Phi) is 4.78. The molecule has 3 rings (SSSR count). The molecule has 0 amide bonds. The van der Waals surface area contributed by atoms with Crippen LogP contribution in [0.1, 0.15) is 51.9 Å². The zero-order valence-corrected chi connectivity index (χ0v) is 12.4. The third kappa shape index (κ3) is 3.32. The van der Waals surface area contributed by atoms with Crippen molar-refractivity contribution in [2.75, 3.05) is 26.3 Å². The molecule has 3 fully saturated rings. The summed E-state index contributed by atoms with van der Waals surface area (Å²) in [6.45, 7) is 6.70. The molecule has 3 nitrogen and oxygen atoms in total. The average Bonchev–Trinajstić information content (AvgIpc) is 2.41. The third-order valence-electron chi connectivity index (χ3n) is 5.43. The largest absolute Gasteiger partial charge is 0.381 e. The van der Waals surface area contributed by atoms with Crippen molar-refractivity contribution in [2.45, 2.75) is 70.0 Å². The molecule has 3 aliphatic heterocycles. The van der Waals surface area contributed by atoms with Gasteiger partial charge in [-0.05, 0) is 51.0 Å². The topological polar surface area (TPSA) is 24.5 Å². The number of hydrogen-bond acceptors (Lipinski definition) is 3. The van der Waals surface area contributed by atoms with Gasteiger partial charge in [-0.25, -0.2) is 0 Å². The number of fused-ring (bicyclic) bond motifs is 2. The second kappa shape index (κ2) is 6.55. The van der Waals surface area contributed by atoms with Gasteiger partial charge < -0.3 is 10.1 Å². The standard InChI is InChI=1S/C16H30N2O/c1-2-17-14-10-15-4-3-5-16(11-14)18(15)12-13-6-8-19-9-7-13/h13-17H,2-12H2,1H3. The summed E-state index contributed by atoms with van der Waals surface area (Å²) in [7, 11) is 0. The fourth-order valence-electron chi connectivity index (χ4n) is 4.46. The Hall–Kier alpha value is -0.120. The minimum Gasteiger partial charge on any atom is -0.381 e. The summed E-state index contributed by atoms with van der Waals surface area (Å²) in [5.74, 6) is 0.896. The van der Waals surface area contributed by atoms with Gasteiger partial charge in [0.2, 0.25) is 0 Å². The highest BCUT2D eigenvalue weighted by atomic mass is 16.5. The summed E-state index contributed by atoms with van der Waals surface area (Å²) >= 11 is 0. The van der Waals surface area contributed by atoms with E-state index >= 15 is 0 Å². The van der Waals surface area contributed by atoms with Crippen molar-refractivity contribution < 1.29 is 4.74 Å². The van der Waals surface area contributed by atoms with E-state index in [-0.39, 0.29) is 0 Å². The summed E-state index contributed by atoms with van der Waals surface area (Å²) in [6.07, 6.45) is 9.65. The number of hydrogen-bond donors (Lipinski definition) is 1. The Morgan fingerprint density at radius 3 is 2.37 bits per heavy atom. The highest BCUT2D eigenvalue weighted by Gasteiger charge is 2.38. The molecule has 1 N–H and O–H groups in total. The quantitative estimate of drug-likeness (QED) is 0.845. The molecule has 0 aliphatic carbocycles. The Bertz CT molecular complexity index is 264. The molecule has 0 aromatic heterocycles. The first-order valence-electron chi connectivity index (χ1n) is 8.43. The summed E-state index contributed by atoms with van der Waals surface area (Å²) < 4.78 is 5.50. The van der Waals surface area contributed by atoms with E-state index < -0.39 is 0 Å². The SMILES string of the molecule is CCNC1CC2CCCC(C1)N2CC1CCOCC1. The number of piperidine rings is 2. The minimum atomic E-state index is 0.784. The second-order valence-electron chi connectivity index (χ2n) is 6.72. The maximum Gasteiger partial charge on any atom is 0.0469 e. The van der Waals surface area contributed by atoms with Gasteiger partial charge in [0.15, 0.2) is 0 Å². The minimum absolute atomic E-state index is 0.784. The van der Waals surface area contributed by atoms with Crippen molar-refractivity contribution in [1.82, 2.24) is 10.2 Å². The molecule has 2 unspecified atom stereocenters. The summed E-state index contributed by atoms with van der Waals surface area (Å²) in [5.41, 5.74) is 0. The Morgan fingerprint density at radius 2 is 1.74 bits per heavy atom. The fraction of sp³-hybridized carbons (Fsp3) is 1.00. The van der Waals surface area contributed by atoms with Crippen LogP contribution in [0.3, 0.4) is 0 Å². The van der Waals surface area contributed by atoms with E-state index in [0.717, 1.165) is 43.8 Å². The van der Waals surface area contributed by atoms with E-state index in [0.29, 0.717) is 0 Å². The molecule has 2 bridgehead atoms. The Balaban J connectivity index is 1.58. The predicted octanol–water partition coefficient (Wildman–Crippen LogP) is 2.41. The van der Waals surface area contributed by atoms with E-state index in [1.54, 1.807) is 0 Å². The predicted molar refractivity (Wildman–Crippen MR) is 78.4 cm³/mol. The van der Waals surface area contributed by atoms with Crippen LogP contribution in [-0.2, 0) is 4.74 Å². The average molecular weight is 266 g/mol. The molecule has 19 heavy (non-hydrogen) atoms. The van der Waals surface area contributed by atoms with Gasteiger partial charge in [-0.15, -0.1) is 0 Å². The summed E-state index contributed by atoms with van der Waals surface area (Å²) in [5, 5.41) is 3.69. The molecule has 3 heterocycles. The molecule has 3 saturated heterocycles. The Morgan fingerprint density at radius 1 is 1.05 bits per heavy atom. The van der Waals surface area contributed by atoms with Gasteiger partial charge in [-0.1, -0.05) is 13.3 Å². The summed E-state index contributed by atoms with van der Waals surface area (Å²) in [4.78, 5) is 2.88. The van der Waals surface area contributed by atoms with Crippen LogP contribution in [0.4, 0.5) is 0 Å². The first-order valence-corrected chi connectivity index (χ1v) is 8.43. The van der Waals surface area contributed by atoms with Crippen LogP contribution in [0.2, 0.25) is 0 Å². The van der Waals surface area contributed by atoms with Gasteiger partial charge >= 0.3 is 0 Å². The van der Waals surface area contributed by atoms with Crippen LogP contribution in [0.5, 0.6) is 0 Å². The maximum atomic E-state index is 5.50. The van der Waals surface area contributed by atoms with Crippen LogP contribution < -0.4 is 5.32 Å². The lowest BCUT2D eigenvalue weighted by molar-refractivity contribution is -0.0104. The highest BCUT2D eigenvalue weighted by Crippen LogP contribution is 2.35. The van der Waals surface area contributed by atoms with Crippen molar-refractivity contribution in [3.8, 4) is 0 Å². The zero-order chi connectivity index (χ0) is 13.1. The van der Waals surface area contributed by atoms with Crippen LogP contribution in [-0.4, -0.2) is 49.3 Å². The lowest BCUT2D eigenvalue weighted by atomic mass is 9.80. The molecular formula is C16H30N2O. The van der Waals surface area contributed by atoms with Gasteiger partial charge in [0.05, 0.1) is 0 Å². The van der Waals surface area contributed by atoms with Crippen molar-refractivity contribution in [3.63, 3.8) is 0 Å². The van der Waals surface area contributed by atoms with Gasteiger partial charge in [-0.2, -0.15) is 0 Å². The molecule has 0 radical (unpaired) electrons. The molecule has 0 spiro atoms. The number of ether oxygens (including phenoxy) is 1. The van der Waals surface area contributed by atoms with Gasteiger partial charge in [0.25, 0.3) is 0 Å². The number of nitrogens with one attached hydrogen (secondary N) is 1. The van der Waals surface area contributed by atoms with Gasteiger partial charge in [-0.3, -0.25) is 4.90 Å². The third-order valence-corrected chi connectivity index (χ3v) is 5.43. The van der Waals surface area contributed by atoms with E-state index in [9.17, 15) is 0 Å². The smallest absolute Gasteiger partial charge is 0.0469 e. The number of rotatable bonds is 4. The normalized spacial score (nSPS) is 37.4. The van der Waals surface area contributed by atoms with Crippen molar-refractivity contribution in [1.29, 1.82) is 0 Å². The van der Waals surface area contributed by atoms with Crippen molar-refractivity contribution in [2.24, 2.45) is 5.92 Å². The van der Waals surface area contributed by atoms with E-state index in [1.807, 2.05) is 0 Å². The highest BCUT2D eigenvalue weighted by molar-refractivity contribution is 4.95. The molecular weight excluding hydrogens is 236 g/mol. The lowest BCUT2D eigenvalue weighted by Gasteiger charge is -2.50. The van der Waals surface area contributed by atoms with E-state index in [1.165, 1.54) is 51.5 Å². The van der Waals surface area contributed by atoms with Crippen molar-refractivity contribution in [3.05, 3.63) is 0 Å². The molecule has 3 aliphatic rings. The van der Waals surface area contributed by atoms with Crippen LogP contribution in [0.15, 0.2) is 0 Å². The number of nitrogens with zero attached hydrogens (tertiary/aromatic N) is 1. The van der Waals surface area contributed by atoms with Gasteiger partial charge in [0.1, 0.15) is 0 Å². The van der Waals surface area contributed by atoms with Crippen LogP contribution in [0, 0.1) is 5.92 Å². The molecule has 110 valence electrons. The first-order chi connectivity index (χ1) is 9.36. The fourth-order valence-corrected chi connectivity index (χ4v) is 4.46. The maximum absolute atomic E-state index is 5.50. The van der Waals surface area contributed by atoms with Crippen LogP contribution in [0.25, 0.3) is 0 Å².